The lowest BCUT2D eigenvalue weighted by Gasteiger charge is -2.27. The van der Waals surface area contributed by atoms with Crippen LogP contribution in [-0.2, 0) is 46.5 Å². The first-order chi connectivity index (χ1) is 20.0. The van der Waals surface area contributed by atoms with Gasteiger partial charge in [-0.2, -0.15) is 8.42 Å². The fraction of sp³-hybridized carbons (Fsp3) is 0.222. The first-order valence-electron chi connectivity index (χ1n) is 11.9. The number of ether oxygens (including phenoxy) is 4. The van der Waals surface area contributed by atoms with Gasteiger partial charge in [-0.15, -0.1) is 0 Å². The molecule has 1 N–H and O–H groups in total. The second-order valence-electron chi connectivity index (χ2n) is 8.34. The number of hydrogen-bond donors (Lipinski definition) is 1. The van der Waals surface area contributed by atoms with E-state index >= 15 is 0 Å². The Morgan fingerprint density at radius 3 is 1.88 bits per heavy atom. The van der Waals surface area contributed by atoms with Crippen LogP contribution in [0.5, 0.6) is 0 Å². The highest BCUT2D eigenvalue weighted by Crippen LogP contribution is 2.33. The molecule has 42 heavy (non-hydrogen) atoms. The first-order valence-corrected chi connectivity index (χ1v) is 14.5. The molecule has 0 aliphatic rings. The molecule has 0 fully saturated rings. The summed E-state index contributed by atoms with van der Waals surface area (Å²) in [6, 6.07) is 18.9. The summed E-state index contributed by atoms with van der Waals surface area (Å²) in [6.07, 6.45) is -9.08. The summed E-state index contributed by atoms with van der Waals surface area (Å²) in [5.74, 6) is 0. The van der Waals surface area contributed by atoms with E-state index in [2.05, 4.69) is 0 Å². The lowest BCUT2D eigenvalue weighted by atomic mass is 10.1. The third-order valence-corrected chi connectivity index (χ3v) is 7.85. The summed E-state index contributed by atoms with van der Waals surface area (Å²) < 4.78 is 66.4. The fourth-order valence-electron chi connectivity index (χ4n) is 3.30. The van der Waals surface area contributed by atoms with Gasteiger partial charge in [0.1, 0.15) is 24.7 Å². The van der Waals surface area contributed by atoms with Crippen molar-refractivity contribution in [2.45, 2.75) is 36.5 Å². The maximum Gasteiger partial charge on any atom is 0.509 e. The van der Waals surface area contributed by atoms with E-state index in [9.17, 15) is 22.4 Å². The number of carbonyl (C=O) groups excluding carboxylic acids is 2. The van der Waals surface area contributed by atoms with Gasteiger partial charge in [0.25, 0.3) is 10.1 Å². The van der Waals surface area contributed by atoms with Crippen LogP contribution in [0.1, 0.15) is 11.1 Å². The highest BCUT2D eigenvalue weighted by Gasteiger charge is 2.39. The largest absolute Gasteiger partial charge is 0.509 e. The number of alkyl halides is 1. The van der Waals surface area contributed by atoms with E-state index in [0.29, 0.717) is 11.1 Å². The van der Waals surface area contributed by atoms with E-state index in [-0.39, 0.29) is 29.5 Å². The first kappa shape index (κ1) is 33.1. The molecule has 0 saturated heterocycles. The zero-order chi connectivity index (χ0) is 30.7. The van der Waals surface area contributed by atoms with Crippen molar-refractivity contribution in [2.24, 2.45) is 0 Å². The summed E-state index contributed by atoms with van der Waals surface area (Å²) in [5.41, 5.74) is 1.19. The van der Waals surface area contributed by atoms with Crippen molar-refractivity contribution in [1.82, 2.24) is 0 Å². The maximum absolute atomic E-state index is 15.0. The van der Waals surface area contributed by atoms with Crippen molar-refractivity contribution in [3.8, 4) is 0 Å². The molecule has 3 aromatic rings. The Bertz CT molecular complexity index is 1480. The molecule has 0 amide bonds. The lowest BCUT2D eigenvalue weighted by Crippen LogP contribution is -2.45. The topological polar surface area (TPSA) is 138 Å². The van der Waals surface area contributed by atoms with Gasteiger partial charge >= 0.3 is 12.3 Å². The Morgan fingerprint density at radius 1 is 0.810 bits per heavy atom. The van der Waals surface area contributed by atoms with E-state index in [1.165, 1.54) is 0 Å². The van der Waals surface area contributed by atoms with Crippen LogP contribution < -0.4 is 0 Å². The average molecular weight is 663 g/mol. The highest BCUT2D eigenvalue weighted by molar-refractivity contribution is 7.87. The van der Waals surface area contributed by atoms with Crippen molar-refractivity contribution in [3.63, 3.8) is 0 Å². The molecule has 3 rings (SSSR count). The second kappa shape index (κ2) is 15.7. The summed E-state index contributed by atoms with van der Waals surface area (Å²) in [7, 11) is -4.89. The molecular weight excluding hydrogens is 640 g/mol. The van der Waals surface area contributed by atoms with Crippen molar-refractivity contribution in [3.05, 3.63) is 99.0 Å². The van der Waals surface area contributed by atoms with Crippen LogP contribution in [-0.4, -0.2) is 51.9 Å². The van der Waals surface area contributed by atoms with Gasteiger partial charge in [0.2, 0.25) is 0 Å². The van der Waals surface area contributed by atoms with Crippen LogP contribution in [0.4, 0.5) is 14.0 Å². The van der Waals surface area contributed by atoms with E-state index in [1.807, 2.05) is 0 Å². The van der Waals surface area contributed by atoms with Crippen molar-refractivity contribution < 1.29 is 45.5 Å². The minimum Gasteiger partial charge on any atom is -0.431 e. The average Bonchev–Trinajstić information content (AvgIpc) is 2.98. The Labute approximate surface area is 255 Å². The normalized spacial score (nSPS) is 13.3. The lowest BCUT2D eigenvalue weighted by molar-refractivity contribution is -0.0644. The summed E-state index contributed by atoms with van der Waals surface area (Å²) in [6.45, 7) is -1.46. The molecule has 0 saturated carbocycles. The zero-order valence-corrected chi connectivity index (χ0v) is 24.5. The Morgan fingerprint density at radius 2 is 1.33 bits per heavy atom. The molecule has 0 unspecified atom stereocenters. The summed E-state index contributed by atoms with van der Waals surface area (Å²) in [4.78, 5) is 24.0. The predicted molar refractivity (Wildman–Crippen MR) is 151 cm³/mol. The Hall–Kier alpha value is -3.42. The molecule has 15 heteroatoms. The van der Waals surface area contributed by atoms with E-state index in [1.54, 1.807) is 60.7 Å². The van der Waals surface area contributed by atoms with Gasteiger partial charge in [-0.1, -0.05) is 95.5 Å². The van der Waals surface area contributed by atoms with E-state index in [0.717, 1.165) is 12.1 Å². The Balaban J connectivity index is 1.82. The third-order valence-electron chi connectivity index (χ3n) is 5.33. The summed E-state index contributed by atoms with van der Waals surface area (Å²) in [5, 5.41) is 6.70. The molecule has 0 spiro atoms. The van der Waals surface area contributed by atoms with Crippen LogP contribution in [0.15, 0.2) is 77.7 Å². The molecule has 224 valence electrons. The standard InChI is InChI=1S/C27H23Cl3FNO9S/c28-19-11-21(30)24(12-20(19)29)42(35,36)41-23(16-39-26(33)37-14-17-7-3-1-4-8-17)25(22(31)13-32)40-27(34)38-15-18-9-5-2-6-10-18/h1-13,22-23,25,32H,14-16H2/t22-,23-,25+/m1/s1. The van der Waals surface area contributed by atoms with Crippen LogP contribution in [0.2, 0.25) is 15.1 Å². The molecule has 0 bridgehead atoms. The monoisotopic (exact) mass is 661 g/mol. The van der Waals surface area contributed by atoms with Gasteiger partial charge in [0.05, 0.1) is 15.1 Å². The van der Waals surface area contributed by atoms with Crippen LogP contribution in [0, 0.1) is 5.41 Å². The van der Waals surface area contributed by atoms with Crippen molar-refractivity contribution in [1.29, 1.82) is 5.41 Å². The SMILES string of the molecule is N=C[C@@H](F)[C@H](OC(=O)OCc1ccccc1)[C@@H](COC(=O)OCc1ccccc1)OS(=O)(=O)c1cc(Cl)c(Cl)cc1Cl. The van der Waals surface area contributed by atoms with E-state index in [4.69, 9.17) is 63.3 Å². The van der Waals surface area contributed by atoms with Gasteiger partial charge in [0.15, 0.2) is 18.4 Å². The summed E-state index contributed by atoms with van der Waals surface area (Å²) >= 11 is 17.8. The molecular formula is C27H23Cl3FNO9S. The zero-order valence-electron chi connectivity index (χ0n) is 21.5. The number of benzene rings is 3. The molecule has 0 aliphatic carbocycles. The van der Waals surface area contributed by atoms with E-state index < -0.39 is 57.3 Å². The molecule has 0 aromatic heterocycles. The smallest absolute Gasteiger partial charge is 0.431 e. The fourth-order valence-corrected chi connectivity index (χ4v) is 5.35. The molecule has 3 atom stereocenters. The molecule has 10 nitrogen and oxygen atoms in total. The number of rotatable bonds is 13. The second-order valence-corrected chi connectivity index (χ2v) is 11.1. The van der Waals surface area contributed by atoms with Crippen molar-refractivity contribution >= 4 is 63.4 Å². The van der Waals surface area contributed by atoms with Crippen molar-refractivity contribution in [2.75, 3.05) is 6.61 Å². The molecule has 3 aromatic carbocycles. The van der Waals surface area contributed by atoms with Gasteiger partial charge in [-0.3, -0.25) is 4.18 Å². The number of nitrogens with one attached hydrogen (secondary N) is 1. The van der Waals surface area contributed by atoms with Gasteiger partial charge in [-0.25, -0.2) is 14.0 Å². The van der Waals surface area contributed by atoms with Crippen LogP contribution in [0.3, 0.4) is 0 Å². The maximum atomic E-state index is 15.0. The number of hydrogen-bond acceptors (Lipinski definition) is 10. The number of halogens is 4. The molecule has 0 radical (unpaired) electrons. The minimum atomic E-state index is -4.89. The minimum absolute atomic E-state index is 0.0586. The highest BCUT2D eigenvalue weighted by atomic mass is 35.5. The van der Waals surface area contributed by atoms with Gasteiger partial charge in [-0.05, 0) is 23.3 Å². The van der Waals surface area contributed by atoms with Gasteiger partial charge < -0.3 is 24.4 Å². The Kier molecular flexibility index (Phi) is 12.4. The number of carbonyl (C=O) groups is 2. The van der Waals surface area contributed by atoms with Crippen LogP contribution >= 0.6 is 34.8 Å². The predicted octanol–water partition coefficient (Wildman–Crippen LogP) is 6.78. The quantitative estimate of drug-likeness (QED) is 0.0908. The van der Waals surface area contributed by atoms with Crippen LogP contribution in [0.25, 0.3) is 0 Å². The third kappa shape index (κ3) is 9.85. The van der Waals surface area contributed by atoms with Gasteiger partial charge in [0, 0.05) is 6.21 Å². The molecule has 0 heterocycles. The molecule has 0 aliphatic heterocycles.